The number of carbonyl (C=O) groups excluding carboxylic acids is 1. The number of anilines is 1. The number of allylic oxidation sites excluding steroid dienone is 4. The molecule has 1 amide bonds. The van der Waals surface area contributed by atoms with Crippen LogP contribution in [0.5, 0.6) is 0 Å². The van der Waals surface area contributed by atoms with Gasteiger partial charge in [-0.1, -0.05) is 25.2 Å². The quantitative estimate of drug-likeness (QED) is 0.775. The Labute approximate surface area is 163 Å². The fraction of sp³-hybridized carbons (Fsp3) is 0.364. The first-order chi connectivity index (χ1) is 13.0. The van der Waals surface area contributed by atoms with Crippen molar-refractivity contribution >= 4 is 33.1 Å². The average Bonchev–Trinajstić information content (AvgIpc) is 3.32. The van der Waals surface area contributed by atoms with Crippen LogP contribution in [-0.4, -0.2) is 29.9 Å². The molecule has 3 aliphatic rings. The topological polar surface area (TPSA) is 36.4 Å². The summed E-state index contributed by atoms with van der Waals surface area (Å²) >= 11 is 1.52. The predicted molar refractivity (Wildman–Crippen MR) is 111 cm³/mol. The lowest BCUT2D eigenvalue weighted by atomic mass is 9.95. The van der Waals surface area contributed by atoms with E-state index in [0.717, 1.165) is 38.5 Å². The number of aromatic nitrogens is 1. The maximum atomic E-state index is 13.4. The van der Waals surface area contributed by atoms with E-state index >= 15 is 0 Å². The number of hydrogen-bond acceptors (Lipinski definition) is 4. The van der Waals surface area contributed by atoms with Crippen molar-refractivity contribution in [3.8, 4) is 0 Å². The number of nitrogens with zero attached hydrogens (tertiary/aromatic N) is 3. The fourth-order valence-electron chi connectivity index (χ4n) is 4.43. The number of carbonyl (C=O) groups is 1. The molecule has 0 spiro atoms. The first-order valence-corrected chi connectivity index (χ1v) is 10.3. The second-order valence-electron chi connectivity index (χ2n) is 7.90. The summed E-state index contributed by atoms with van der Waals surface area (Å²) in [7, 11) is 4.07. The number of hydrogen-bond donors (Lipinski definition) is 0. The summed E-state index contributed by atoms with van der Waals surface area (Å²) in [5.74, 6) is 0.642. The molecule has 0 aromatic carbocycles. The highest BCUT2D eigenvalue weighted by Gasteiger charge is 2.51. The zero-order valence-electron chi connectivity index (χ0n) is 15.9. The lowest BCUT2D eigenvalue weighted by Crippen LogP contribution is -2.24. The van der Waals surface area contributed by atoms with E-state index in [0.29, 0.717) is 11.3 Å². The van der Waals surface area contributed by atoms with Crippen LogP contribution in [0.4, 0.5) is 5.69 Å². The Morgan fingerprint density at radius 1 is 1.41 bits per heavy atom. The Bertz CT molecular complexity index is 1050. The Balaban J connectivity index is 1.58. The van der Waals surface area contributed by atoms with Crippen LogP contribution in [0.3, 0.4) is 0 Å². The predicted octanol–water partition coefficient (Wildman–Crippen LogP) is 4.74. The zero-order chi connectivity index (χ0) is 18.8. The molecule has 1 fully saturated rings. The summed E-state index contributed by atoms with van der Waals surface area (Å²) in [6, 6.07) is 2.02. The normalized spacial score (nSPS) is 25.9. The minimum Gasteiger partial charge on any atom is -0.377 e. The maximum Gasteiger partial charge on any atom is 0.272 e. The maximum absolute atomic E-state index is 13.4. The molecule has 0 saturated heterocycles. The minimum atomic E-state index is 0.0620. The minimum absolute atomic E-state index is 0.0620. The highest BCUT2D eigenvalue weighted by molar-refractivity contribution is 7.20. The van der Waals surface area contributed by atoms with Crippen molar-refractivity contribution in [1.82, 2.24) is 9.88 Å². The van der Waals surface area contributed by atoms with Crippen molar-refractivity contribution in [3.05, 3.63) is 58.9 Å². The molecule has 3 heterocycles. The summed E-state index contributed by atoms with van der Waals surface area (Å²) in [5, 5.41) is 1.11. The fourth-order valence-corrected chi connectivity index (χ4v) is 5.56. The van der Waals surface area contributed by atoms with Gasteiger partial charge in [0, 0.05) is 43.3 Å². The number of fused-ring (bicyclic) bond motifs is 4. The number of rotatable bonds is 3. The molecule has 2 unspecified atom stereocenters. The van der Waals surface area contributed by atoms with Gasteiger partial charge in [-0.25, -0.2) is 4.98 Å². The van der Waals surface area contributed by atoms with Gasteiger partial charge in [-0.2, -0.15) is 0 Å². The van der Waals surface area contributed by atoms with E-state index in [1.165, 1.54) is 24.2 Å². The van der Waals surface area contributed by atoms with Crippen LogP contribution in [0.25, 0.3) is 10.2 Å². The van der Waals surface area contributed by atoms with Gasteiger partial charge in [-0.3, -0.25) is 9.69 Å². The Morgan fingerprint density at radius 3 is 3.00 bits per heavy atom. The van der Waals surface area contributed by atoms with Crippen LogP contribution >= 0.6 is 11.3 Å². The smallest absolute Gasteiger partial charge is 0.272 e. The van der Waals surface area contributed by atoms with Crippen molar-refractivity contribution in [2.24, 2.45) is 11.3 Å². The average molecular weight is 378 g/mol. The third-order valence-corrected chi connectivity index (χ3v) is 7.34. The zero-order valence-corrected chi connectivity index (χ0v) is 16.7. The molecule has 1 saturated carbocycles. The van der Waals surface area contributed by atoms with Crippen LogP contribution < -0.4 is 4.90 Å². The second-order valence-corrected chi connectivity index (χ2v) is 8.90. The molecule has 5 rings (SSSR count). The third-order valence-electron chi connectivity index (χ3n) is 6.21. The van der Waals surface area contributed by atoms with Gasteiger partial charge < -0.3 is 4.90 Å². The van der Waals surface area contributed by atoms with Crippen LogP contribution in [0.2, 0.25) is 0 Å². The number of thiophene rings is 1. The highest BCUT2D eigenvalue weighted by Crippen LogP contribution is 2.59. The number of amides is 1. The van der Waals surface area contributed by atoms with E-state index in [1.807, 2.05) is 37.5 Å². The van der Waals surface area contributed by atoms with E-state index in [-0.39, 0.29) is 5.91 Å². The third kappa shape index (κ3) is 2.41. The second kappa shape index (κ2) is 5.80. The standard InChI is InChI=1S/C22H23N3OS/c1-4-22-9-7-15(12-14(22)13-22)25-11-5-6-16-18-17(24(2)3)8-10-23-20(18)27-19(16)21(25)26/h5,7-12,14H,4,6,13H2,1-3H3. The van der Waals surface area contributed by atoms with Gasteiger partial charge in [0.2, 0.25) is 0 Å². The van der Waals surface area contributed by atoms with Crippen LogP contribution in [0, 0.1) is 11.3 Å². The molecule has 138 valence electrons. The molecular weight excluding hydrogens is 354 g/mol. The van der Waals surface area contributed by atoms with Crippen molar-refractivity contribution < 1.29 is 4.79 Å². The lowest BCUT2D eigenvalue weighted by molar-refractivity contribution is 0.0865. The molecule has 2 atom stereocenters. The highest BCUT2D eigenvalue weighted by atomic mass is 32.1. The molecule has 0 N–H and O–H groups in total. The van der Waals surface area contributed by atoms with Gasteiger partial charge >= 0.3 is 0 Å². The first-order valence-electron chi connectivity index (χ1n) is 9.53. The molecule has 2 aromatic rings. The van der Waals surface area contributed by atoms with E-state index in [1.54, 1.807) is 0 Å². The van der Waals surface area contributed by atoms with Gasteiger partial charge in [-0.15, -0.1) is 11.3 Å². The SMILES string of the molecule is CCC12C=CC(N3C=CCc4c(sc5nccc(N(C)C)c45)C3=O)=CC1C2. The summed E-state index contributed by atoms with van der Waals surface area (Å²) in [6.07, 6.45) is 15.7. The molecule has 0 radical (unpaired) electrons. The van der Waals surface area contributed by atoms with Crippen LogP contribution in [0.15, 0.2) is 48.5 Å². The van der Waals surface area contributed by atoms with Gasteiger partial charge in [0.25, 0.3) is 5.91 Å². The molecule has 2 aromatic heterocycles. The molecule has 5 heteroatoms. The van der Waals surface area contributed by atoms with Crippen molar-refractivity contribution in [2.45, 2.75) is 26.2 Å². The summed E-state index contributed by atoms with van der Waals surface area (Å²) in [6.45, 7) is 2.25. The molecule has 0 bridgehead atoms. The molecule has 2 aliphatic carbocycles. The molecular formula is C22H23N3OS. The van der Waals surface area contributed by atoms with Gasteiger partial charge in [0.05, 0.1) is 4.88 Å². The first kappa shape index (κ1) is 16.8. The van der Waals surface area contributed by atoms with Gasteiger partial charge in [0.15, 0.2) is 0 Å². The van der Waals surface area contributed by atoms with E-state index in [9.17, 15) is 4.79 Å². The lowest BCUT2D eigenvalue weighted by Gasteiger charge is -2.22. The van der Waals surface area contributed by atoms with E-state index in [4.69, 9.17) is 0 Å². The summed E-state index contributed by atoms with van der Waals surface area (Å²) in [5.41, 5.74) is 3.59. The Morgan fingerprint density at radius 2 is 2.26 bits per heavy atom. The van der Waals surface area contributed by atoms with Crippen molar-refractivity contribution in [3.63, 3.8) is 0 Å². The molecule has 1 aliphatic heterocycles. The van der Waals surface area contributed by atoms with Gasteiger partial charge in [-0.05, 0) is 48.3 Å². The van der Waals surface area contributed by atoms with Crippen LogP contribution in [-0.2, 0) is 6.42 Å². The molecule has 4 nitrogen and oxygen atoms in total. The Kier molecular flexibility index (Phi) is 3.60. The summed E-state index contributed by atoms with van der Waals surface area (Å²) in [4.78, 5) is 23.6. The van der Waals surface area contributed by atoms with Gasteiger partial charge in [0.1, 0.15) is 4.83 Å². The monoisotopic (exact) mass is 377 g/mol. The van der Waals surface area contributed by atoms with E-state index in [2.05, 4.69) is 41.1 Å². The molecule has 27 heavy (non-hydrogen) atoms. The van der Waals surface area contributed by atoms with Crippen molar-refractivity contribution in [1.29, 1.82) is 0 Å². The Hall–Kier alpha value is -2.40. The van der Waals surface area contributed by atoms with Crippen LogP contribution in [0.1, 0.15) is 35.0 Å². The number of pyridine rings is 1. The van der Waals surface area contributed by atoms with Crippen molar-refractivity contribution in [2.75, 3.05) is 19.0 Å². The largest absolute Gasteiger partial charge is 0.377 e. The van der Waals surface area contributed by atoms with E-state index < -0.39 is 0 Å². The summed E-state index contributed by atoms with van der Waals surface area (Å²) < 4.78 is 0.